The standard InChI is InChI=1S/C20H16ClN3O4/c21-14-6-7-16(15(12-14)19(27)13-4-2-1-3-5-13)23-20(28)17-8-10-22-24(17)11-9-18(25)26/h1-8,10,12H,9,11H2,(H,23,28)(H,25,26). The van der Waals surface area contributed by atoms with Crippen LogP contribution < -0.4 is 5.32 Å². The second kappa shape index (κ2) is 8.49. The van der Waals surface area contributed by atoms with Crippen LogP contribution in [0.2, 0.25) is 5.02 Å². The lowest BCUT2D eigenvalue weighted by Crippen LogP contribution is -2.20. The highest BCUT2D eigenvalue weighted by Gasteiger charge is 2.18. The first-order valence-corrected chi connectivity index (χ1v) is 8.78. The Morgan fingerprint density at radius 2 is 1.82 bits per heavy atom. The van der Waals surface area contributed by atoms with Crippen molar-refractivity contribution >= 4 is 34.9 Å². The molecular weight excluding hydrogens is 382 g/mol. The minimum Gasteiger partial charge on any atom is -0.481 e. The maximum Gasteiger partial charge on any atom is 0.305 e. The number of hydrogen-bond acceptors (Lipinski definition) is 4. The molecule has 0 radical (unpaired) electrons. The Morgan fingerprint density at radius 1 is 1.07 bits per heavy atom. The summed E-state index contributed by atoms with van der Waals surface area (Å²) >= 11 is 6.05. The molecule has 0 atom stereocenters. The van der Waals surface area contributed by atoms with Crippen molar-refractivity contribution in [2.24, 2.45) is 0 Å². The van der Waals surface area contributed by atoms with E-state index in [1.165, 1.54) is 23.0 Å². The van der Waals surface area contributed by atoms with Crippen LogP contribution in [0.1, 0.15) is 32.8 Å². The van der Waals surface area contributed by atoms with Gasteiger partial charge in [0.15, 0.2) is 5.78 Å². The van der Waals surface area contributed by atoms with E-state index in [0.717, 1.165) is 0 Å². The zero-order chi connectivity index (χ0) is 20.1. The SMILES string of the molecule is O=C(O)CCn1nccc1C(=O)Nc1ccc(Cl)cc1C(=O)c1ccccc1. The van der Waals surface area contributed by atoms with E-state index >= 15 is 0 Å². The summed E-state index contributed by atoms with van der Waals surface area (Å²) in [4.78, 5) is 36.3. The summed E-state index contributed by atoms with van der Waals surface area (Å²) in [7, 11) is 0. The van der Waals surface area contributed by atoms with E-state index in [9.17, 15) is 14.4 Å². The molecule has 1 heterocycles. The Labute approximate surface area is 165 Å². The Kier molecular flexibility index (Phi) is 5.86. The Morgan fingerprint density at radius 3 is 2.54 bits per heavy atom. The highest BCUT2D eigenvalue weighted by Crippen LogP contribution is 2.24. The average Bonchev–Trinajstić information content (AvgIpc) is 3.16. The Balaban J connectivity index is 1.87. The molecule has 1 amide bonds. The number of aryl methyl sites for hydroxylation is 1. The van der Waals surface area contributed by atoms with E-state index in [1.807, 2.05) is 0 Å². The van der Waals surface area contributed by atoms with Crippen molar-refractivity contribution < 1.29 is 19.5 Å². The van der Waals surface area contributed by atoms with Gasteiger partial charge >= 0.3 is 5.97 Å². The fourth-order valence-electron chi connectivity index (χ4n) is 2.65. The van der Waals surface area contributed by atoms with Crippen molar-refractivity contribution in [3.63, 3.8) is 0 Å². The van der Waals surface area contributed by atoms with Crippen molar-refractivity contribution in [3.8, 4) is 0 Å². The molecule has 3 aromatic rings. The quantitative estimate of drug-likeness (QED) is 0.594. The van der Waals surface area contributed by atoms with Crippen LogP contribution in [0.3, 0.4) is 0 Å². The molecule has 0 bridgehead atoms. The van der Waals surface area contributed by atoms with Crippen LogP contribution >= 0.6 is 11.6 Å². The molecule has 0 aliphatic heterocycles. The van der Waals surface area contributed by atoms with Crippen molar-refractivity contribution in [3.05, 3.63) is 82.6 Å². The highest BCUT2D eigenvalue weighted by atomic mass is 35.5. The summed E-state index contributed by atoms with van der Waals surface area (Å²) in [5.41, 5.74) is 1.21. The van der Waals surface area contributed by atoms with Gasteiger partial charge in [-0.2, -0.15) is 5.10 Å². The van der Waals surface area contributed by atoms with Gasteiger partial charge < -0.3 is 10.4 Å². The molecule has 0 unspecified atom stereocenters. The highest BCUT2D eigenvalue weighted by molar-refractivity contribution is 6.31. The summed E-state index contributed by atoms with van der Waals surface area (Å²) in [6.45, 7) is 0.0571. The van der Waals surface area contributed by atoms with Crippen LogP contribution in [0.15, 0.2) is 60.8 Å². The minimum absolute atomic E-state index is 0.0571. The fraction of sp³-hybridized carbons (Fsp3) is 0.100. The Hall–Kier alpha value is -3.45. The molecule has 0 saturated heterocycles. The van der Waals surface area contributed by atoms with Crippen molar-refractivity contribution in [1.82, 2.24) is 9.78 Å². The number of anilines is 1. The number of hydrogen-bond donors (Lipinski definition) is 2. The topological polar surface area (TPSA) is 101 Å². The average molecular weight is 398 g/mol. The maximum atomic E-state index is 12.8. The van der Waals surface area contributed by atoms with E-state index < -0.39 is 11.9 Å². The number of ketones is 1. The van der Waals surface area contributed by atoms with Crippen molar-refractivity contribution in [1.29, 1.82) is 0 Å². The Bertz CT molecular complexity index is 1030. The number of rotatable bonds is 7. The predicted octanol–water partition coefficient (Wildman–Crippen LogP) is 3.49. The van der Waals surface area contributed by atoms with E-state index in [-0.39, 0.29) is 30.0 Å². The normalized spacial score (nSPS) is 10.5. The summed E-state index contributed by atoms with van der Waals surface area (Å²) in [5.74, 6) is -1.78. The lowest BCUT2D eigenvalue weighted by molar-refractivity contribution is -0.137. The molecule has 142 valence electrons. The van der Waals surface area contributed by atoms with Gasteiger partial charge in [-0.05, 0) is 24.3 Å². The molecule has 0 spiro atoms. The summed E-state index contributed by atoms with van der Waals surface area (Å²) in [6.07, 6.45) is 1.25. The third-order valence-electron chi connectivity index (χ3n) is 4.00. The number of carbonyl (C=O) groups excluding carboxylic acids is 2. The predicted molar refractivity (Wildman–Crippen MR) is 104 cm³/mol. The molecule has 3 rings (SSSR count). The van der Waals surface area contributed by atoms with Gasteiger partial charge in [-0.15, -0.1) is 0 Å². The van der Waals surface area contributed by atoms with Crippen LogP contribution in [0.4, 0.5) is 5.69 Å². The van der Waals surface area contributed by atoms with E-state index in [4.69, 9.17) is 16.7 Å². The van der Waals surface area contributed by atoms with Gasteiger partial charge in [-0.25, -0.2) is 0 Å². The first kappa shape index (κ1) is 19.3. The fourth-order valence-corrected chi connectivity index (χ4v) is 2.82. The first-order valence-electron chi connectivity index (χ1n) is 8.40. The number of halogens is 1. The van der Waals surface area contributed by atoms with Gasteiger partial charge in [0.2, 0.25) is 0 Å². The van der Waals surface area contributed by atoms with Gasteiger partial charge in [0.25, 0.3) is 5.91 Å². The van der Waals surface area contributed by atoms with Gasteiger partial charge in [-0.3, -0.25) is 19.1 Å². The molecule has 7 nitrogen and oxygen atoms in total. The number of carboxylic acids is 1. The van der Waals surface area contributed by atoms with E-state index in [1.54, 1.807) is 42.5 Å². The van der Waals surface area contributed by atoms with Gasteiger partial charge in [-0.1, -0.05) is 41.9 Å². The monoisotopic (exact) mass is 397 g/mol. The van der Waals surface area contributed by atoms with Gasteiger partial charge in [0, 0.05) is 22.3 Å². The summed E-state index contributed by atoms with van der Waals surface area (Å²) < 4.78 is 1.30. The van der Waals surface area contributed by atoms with Crippen LogP contribution in [-0.4, -0.2) is 32.5 Å². The number of carboxylic acid groups (broad SMARTS) is 1. The summed E-state index contributed by atoms with van der Waals surface area (Å²) in [5, 5.41) is 15.8. The molecule has 1 aromatic heterocycles. The number of carbonyl (C=O) groups is 3. The molecule has 8 heteroatoms. The minimum atomic E-state index is -0.990. The molecule has 0 aliphatic carbocycles. The van der Waals surface area contributed by atoms with Crippen LogP contribution in [0, 0.1) is 0 Å². The first-order chi connectivity index (χ1) is 13.5. The third kappa shape index (κ3) is 4.44. The van der Waals surface area contributed by atoms with Gasteiger partial charge in [0.1, 0.15) is 5.69 Å². The maximum absolute atomic E-state index is 12.8. The van der Waals surface area contributed by atoms with Crippen molar-refractivity contribution in [2.75, 3.05) is 5.32 Å². The smallest absolute Gasteiger partial charge is 0.305 e. The largest absolute Gasteiger partial charge is 0.481 e. The molecule has 2 aromatic carbocycles. The third-order valence-corrected chi connectivity index (χ3v) is 4.23. The molecule has 28 heavy (non-hydrogen) atoms. The number of aromatic nitrogens is 2. The second-order valence-electron chi connectivity index (χ2n) is 5.92. The molecule has 0 fully saturated rings. The zero-order valence-corrected chi connectivity index (χ0v) is 15.4. The lowest BCUT2D eigenvalue weighted by atomic mass is 10.0. The number of nitrogens with one attached hydrogen (secondary N) is 1. The van der Waals surface area contributed by atoms with Gasteiger partial charge in [0.05, 0.1) is 18.7 Å². The summed E-state index contributed by atoms with van der Waals surface area (Å²) in [6, 6.07) is 14.7. The second-order valence-corrected chi connectivity index (χ2v) is 6.36. The van der Waals surface area contributed by atoms with Crippen LogP contribution in [0.5, 0.6) is 0 Å². The molecule has 2 N–H and O–H groups in total. The van der Waals surface area contributed by atoms with Crippen LogP contribution in [0.25, 0.3) is 0 Å². The number of nitrogens with zero attached hydrogens (tertiary/aromatic N) is 2. The number of amides is 1. The van der Waals surface area contributed by atoms with E-state index in [2.05, 4.69) is 10.4 Å². The molecular formula is C20H16ClN3O4. The molecule has 0 saturated carbocycles. The van der Waals surface area contributed by atoms with Crippen molar-refractivity contribution in [2.45, 2.75) is 13.0 Å². The van der Waals surface area contributed by atoms with E-state index in [0.29, 0.717) is 16.3 Å². The number of benzene rings is 2. The zero-order valence-electron chi connectivity index (χ0n) is 14.6. The number of aliphatic carboxylic acids is 1. The lowest BCUT2D eigenvalue weighted by Gasteiger charge is -2.12. The van der Waals surface area contributed by atoms with Crippen LogP contribution in [-0.2, 0) is 11.3 Å². The molecule has 0 aliphatic rings.